The summed E-state index contributed by atoms with van der Waals surface area (Å²) >= 11 is 0. The van der Waals surface area contributed by atoms with E-state index >= 15 is 0 Å². The van der Waals surface area contributed by atoms with E-state index < -0.39 is 0 Å². The molecule has 31 heavy (non-hydrogen) atoms. The van der Waals surface area contributed by atoms with Crippen molar-refractivity contribution in [3.8, 4) is 23.0 Å². The lowest BCUT2D eigenvalue weighted by atomic mass is 10.0. The molecule has 5 nitrogen and oxygen atoms in total. The Morgan fingerprint density at radius 1 is 1.10 bits per heavy atom. The number of ether oxygens (including phenoxy) is 2. The third-order valence-electron chi connectivity index (χ3n) is 6.39. The van der Waals surface area contributed by atoms with Crippen LogP contribution in [-0.4, -0.2) is 30.5 Å². The highest BCUT2D eigenvalue weighted by Crippen LogP contribution is 2.43. The molecule has 0 spiro atoms. The number of fused-ring (bicyclic) bond motifs is 2. The van der Waals surface area contributed by atoms with Crippen molar-refractivity contribution in [1.29, 1.82) is 0 Å². The number of hydrogen-bond acceptors (Lipinski definition) is 4. The Labute approximate surface area is 182 Å². The summed E-state index contributed by atoms with van der Waals surface area (Å²) in [5.41, 5.74) is 5.19. The van der Waals surface area contributed by atoms with Crippen LogP contribution in [0.5, 0.6) is 11.5 Å². The van der Waals surface area contributed by atoms with E-state index in [1.165, 1.54) is 18.4 Å². The normalized spacial score (nSPS) is 13.9. The van der Waals surface area contributed by atoms with Gasteiger partial charge in [0.15, 0.2) is 5.76 Å². The van der Waals surface area contributed by atoms with Crippen LogP contribution >= 0.6 is 0 Å². The van der Waals surface area contributed by atoms with Gasteiger partial charge in [-0.25, -0.2) is 0 Å². The molecule has 2 aromatic carbocycles. The molecule has 0 saturated heterocycles. The molecule has 1 fully saturated rings. The van der Waals surface area contributed by atoms with Gasteiger partial charge in [0.1, 0.15) is 17.1 Å². The van der Waals surface area contributed by atoms with Gasteiger partial charge in [-0.2, -0.15) is 0 Å². The average molecular weight is 420 g/mol. The van der Waals surface area contributed by atoms with Crippen molar-refractivity contribution >= 4 is 21.9 Å². The summed E-state index contributed by atoms with van der Waals surface area (Å²) in [6, 6.07) is 12.6. The second-order valence-electron chi connectivity index (χ2n) is 8.42. The molecule has 1 aliphatic rings. The average Bonchev–Trinajstić information content (AvgIpc) is 3.45. The quantitative estimate of drug-likeness (QED) is 0.405. The van der Waals surface area contributed by atoms with Crippen molar-refractivity contribution in [3.05, 3.63) is 47.5 Å². The van der Waals surface area contributed by atoms with Crippen LogP contribution in [0.25, 0.3) is 33.3 Å². The maximum Gasteiger partial charge on any atom is 0.155 e. The SMILES string of the molecule is CCc1cc(OC)c2c(CCO)c(-c3cc4ccc(OC)cc4n3CC3CC3)oc2c1. The first-order chi connectivity index (χ1) is 15.2. The number of rotatable bonds is 8. The minimum Gasteiger partial charge on any atom is -0.497 e. The summed E-state index contributed by atoms with van der Waals surface area (Å²) in [5, 5.41) is 12.0. The largest absolute Gasteiger partial charge is 0.497 e. The molecule has 2 heterocycles. The Bertz CT molecular complexity index is 1250. The van der Waals surface area contributed by atoms with Gasteiger partial charge >= 0.3 is 0 Å². The van der Waals surface area contributed by atoms with Crippen LogP contribution in [0.4, 0.5) is 0 Å². The molecule has 5 heteroatoms. The number of aromatic nitrogens is 1. The Hall–Kier alpha value is -2.92. The van der Waals surface area contributed by atoms with Gasteiger partial charge in [-0.15, -0.1) is 0 Å². The Balaban J connectivity index is 1.79. The summed E-state index contributed by atoms with van der Waals surface area (Å²) in [6.07, 6.45) is 3.94. The van der Waals surface area contributed by atoms with Crippen LogP contribution in [0.1, 0.15) is 30.9 Å². The fourth-order valence-electron chi connectivity index (χ4n) is 4.53. The van der Waals surface area contributed by atoms with Crippen LogP contribution in [0.15, 0.2) is 40.8 Å². The molecule has 0 aliphatic heterocycles. The van der Waals surface area contributed by atoms with Crippen molar-refractivity contribution < 1.29 is 19.0 Å². The first-order valence-corrected chi connectivity index (χ1v) is 11.1. The molecule has 0 unspecified atom stereocenters. The predicted molar refractivity (Wildman–Crippen MR) is 123 cm³/mol. The molecule has 4 aromatic rings. The maximum atomic E-state index is 9.86. The van der Waals surface area contributed by atoms with E-state index in [1.807, 2.05) is 6.07 Å². The van der Waals surface area contributed by atoms with Crippen LogP contribution in [0.3, 0.4) is 0 Å². The van der Waals surface area contributed by atoms with Gasteiger partial charge in [0.25, 0.3) is 0 Å². The minimum absolute atomic E-state index is 0.0526. The van der Waals surface area contributed by atoms with Crippen molar-refractivity contribution in [2.45, 2.75) is 39.2 Å². The second kappa shape index (κ2) is 7.97. The fraction of sp³-hybridized carbons (Fsp3) is 0.385. The van der Waals surface area contributed by atoms with Crippen LogP contribution in [-0.2, 0) is 19.4 Å². The van der Waals surface area contributed by atoms with E-state index in [2.05, 4.69) is 41.8 Å². The summed E-state index contributed by atoms with van der Waals surface area (Å²) in [4.78, 5) is 0. The third kappa shape index (κ3) is 3.47. The number of aliphatic hydroxyl groups excluding tert-OH is 1. The molecule has 2 aromatic heterocycles. The molecule has 1 saturated carbocycles. The molecule has 162 valence electrons. The monoisotopic (exact) mass is 419 g/mol. The number of nitrogens with zero attached hydrogens (tertiary/aromatic N) is 1. The van der Waals surface area contributed by atoms with E-state index in [9.17, 15) is 5.11 Å². The number of aliphatic hydroxyl groups is 1. The molecular formula is C26H29NO4. The van der Waals surface area contributed by atoms with Crippen molar-refractivity contribution in [2.75, 3.05) is 20.8 Å². The molecule has 0 bridgehead atoms. The van der Waals surface area contributed by atoms with Gasteiger partial charge in [-0.3, -0.25) is 0 Å². The molecular weight excluding hydrogens is 390 g/mol. The highest BCUT2D eigenvalue weighted by atomic mass is 16.5. The zero-order valence-electron chi connectivity index (χ0n) is 18.4. The van der Waals surface area contributed by atoms with Gasteiger partial charge < -0.3 is 23.6 Å². The lowest BCUT2D eigenvalue weighted by molar-refractivity contribution is 0.299. The predicted octanol–water partition coefficient (Wildman–Crippen LogP) is 5.58. The summed E-state index contributed by atoms with van der Waals surface area (Å²) in [5.74, 6) is 3.18. The zero-order chi connectivity index (χ0) is 21.5. The topological polar surface area (TPSA) is 56.8 Å². The van der Waals surface area contributed by atoms with Crippen LogP contribution in [0.2, 0.25) is 0 Å². The summed E-state index contributed by atoms with van der Waals surface area (Å²) < 4.78 is 20.1. The van der Waals surface area contributed by atoms with E-state index in [0.717, 1.165) is 63.4 Å². The number of methoxy groups -OCH3 is 2. The molecule has 0 radical (unpaired) electrons. The highest BCUT2D eigenvalue weighted by molar-refractivity contribution is 5.95. The van der Waals surface area contributed by atoms with E-state index in [1.54, 1.807) is 14.2 Å². The summed E-state index contributed by atoms with van der Waals surface area (Å²) in [7, 11) is 3.40. The first-order valence-electron chi connectivity index (χ1n) is 11.1. The fourth-order valence-corrected chi connectivity index (χ4v) is 4.53. The van der Waals surface area contributed by atoms with Crippen molar-refractivity contribution in [3.63, 3.8) is 0 Å². The maximum absolute atomic E-state index is 9.86. The van der Waals surface area contributed by atoms with E-state index in [-0.39, 0.29) is 6.61 Å². The van der Waals surface area contributed by atoms with Crippen molar-refractivity contribution in [2.24, 2.45) is 5.92 Å². The van der Waals surface area contributed by atoms with E-state index in [4.69, 9.17) is 13.9 Å². The molecule has 1 N–H and O–H groups in total. The Morgan fingerprint density at radius 3 is 2.61 bits per heavy atom. The smallest absolute Gasteiger partial charge is 0.155 e. The minimum atomic E-state index is 0.0526. The number of furan rings is 1. The second-order valence-corrected chi connectivity index (χ2v) is 8.42. The molecule has 0 atom stereocenters. The number of aryl methyl sites for hydroxylation is 1. The Kier molecular flexibility index (Phi) is 5.14. The van der Waals surface area contributed by atoms with Crippen LogP contribution < -0.4 is 9.47 Å². The zero-order valence-corrected chi connectivity index (χ0v) is 18.4. The molecule has 1 aliphatic carbocycles. The standard InChI is InChI=1S/C26H29NO4/c1-4-16-11-23(30-3)25-20(9-10-28)26(31-24(25)12-16)22-13-18-7-8-19(29-2)14-21(18)27(22)15-17-5-6-17/h7-8,11-14,17,28H,4-6,9-10,15H2,1-3H3. The Morgan fingerprint density at radius 2 is 1.94 bits per heavy atom. The van der Waals surface area contributed by atoms with Gasteiger partial charge in [0, 0.05) is 36.6 Å². The lowest BCUT2D eigenvalue weighted by Gasteiger charge is -2.11. The highest BCUT2D eigenvalue weighted by Gasteiger charge is 2.27. The van der Waals surface area contributed by atoms with Gasteiger partial charge in [0.05, 0.1) is 30.8 Å². The number of benzene rings is 2. The van der Waals surface area contributed by atoms with E-state index in [0.29, 0.717) is 12.3 Å². The van der Waals surface area contributed by atoms with Crippen molar-refractivity contribution in [1.82, 2.24) is 4.57 Å². The molecule has 5 rings (SSSR count). The van der Waals surface area contributed by atoms with Gasteiger partial charge in [-0.05, 0) is 61.1 Å². The lowest BCUT2D eigenvalue weighted by Crippen LogP contribution is -2.03. The molecule has 0 amide bonds. The first kappa shape index (κ1) is 20.0. The van der Waals surface area contributed by atoms with Gasteiger partial charge in [-0.1, -0.05) is 6.92 Å². The number of hydrogen-bond donors (Lipinski definition) is 1. The summed E-state index contributed by atoms with van der Waals surface area (Å²) in [6.45, 7) is 3.13. The third-order valence-corrected chi connectivity index (χ3v) is 6.39. The van der Waals surface area contributed by atoms with Crippen LogP contribution in [0, 0.1) is 5.92 Å². The van der Waals surface area contributed by atoms with Gasteiger partial charge in [0.2, 0.25) is 0 Å².